The lowest BCUT2D eigenvalue weighted by atomic mass is 10.1. The van der Waals surface area contributed by atoms with Crippen molar-refractivity contribution in [2.24, 2.45) is 0 Å². The van der Waals surface area contributed by atoms with Gasteiger partial charge in [0.05, 0.1) is 26.4 Å². The second-order valence-electron chi connectivity index (χ2n) is 5.95. The van der Waals surface area contributed by atoms with Crippen LogP contribution in [0.1, 0.15) is 30.4 Å². The first-order valence-electron chi connectivity index (χ1n) is 8.24. The molecular formula is C20H23NO4. The summed E-state index contributed by atoms with van der Waals surface area (Å²) < 4.78 is 16.4. The van der Waals surface area contributed by atoms with Crippen LogP contribution in [0, 0.1) is 0 Å². The van der Waals surface area contributed by atoms with Crippen molar-refractivity contribution in [3.63, 3.8) is 0 Å². The van der Waals surface area contributed by atoms with Crippen molar-refractivity contribution in [1.29, 1.82) is 0 Å². The fraction of sp³-hybridized carbons (Fsp3) is 0.300. The van der Waals surface area contributed by atoms with Crippen LogP contribution in [0.2, 0.25) is 0 Å². The van der Waals surface area contributed by atoms with Crippen LogP contribution in [-0.2, 0) is 0 Å². The molecule has 25 heavy (non-hydrogen) atoms. The SMILES string of the molecule is COc1ccc(C(O)CNC(C)c2cc3cccc(OC)c3o2)cc1. The zero-order chi connectivity index (χ0) is 17.8. The highest BCUT2D eigenvalue weighted by atomic mass is 16.5. The Bertz CT molecular complexity index is 825. The van der Waals surface area contributed by atoms with E-state index in [-0.39, 0.29) is 6.04 Å². The Morgan fingerprint density at radius 1 is 1.08 bits per heavy atom. The first-order valence-corrected chi connectivity index (χ1v) is 8.24. The molecule has 0 spiro atoms. The summed E-state index contributed by atoms with van der Waals surface area (Å²) in [6.07, 6.45) is -0.604. The molecule has 1 aromatic heterocycles. The minimum Gasteiger partial charge on any atom is -0.497 e. The number of fused-ring (bicyclic) bond motifs is 1. The first-order chi connectivity index (χ1) is 12.1. The maximum Gasteiger partial charge on any atom is 0.176 e. The third-order valence-electron chi connectivity index (χ3n) is 4.29. The van der Waals surface area contributed by atoms with Crippen molar-refractivity contribution >= 4 is 11.0 Å². The molecule has 2 unspecified atom stereocenters. The molecule has 132 valence electrons. The summed E-state index contributed by atoms with van der Waals surface area (Å²) in [5.41, 5.74) is 1.58. The monoisotopic (exact) mass is 341 g/mol. The number of hydrogen-bond donors (Lipinski definition) is 2. The lowest BCUT2D eigenvalue weighted by Gasteiger charge is -2.16. The topological polar surface area (TPSA) is 63.9 Å². The predicted octanol–water partition coefficient (Wildman–Crippen LogP) is 3.83. The summed E-state index contributed by atoms with van der Waals surface area (Å²) in [6, 6.07) is 15.2. The van der Waals surface area contributed by atoms with Crippen LogP contribution in [0.15, 0.2) is 52.9 Å². The molecule has 0 saturated heterocycles. The Morgan fingerprint density at radius 2 is 1.84 bits per heavy atom. The van der Waals surface area contributed by atoms with Crippen LogP contribution in [0.25, 0.3) is 11.0 Å². The third-order valence-corrected chi connectivity index (χ3v) is 4.29. The normalized spacial score (nSPS) is 13.6. The number of aliphatic hydroxyl groups is 1. The molecule has 2 atom stereocenters. The lowest BCUT2D eigenvalue weighted by Crippen LogP contribution is -2.24. The fourth-order valence-electron chi connectivity index (χ4n) is 2.76. The van der Waals surface area contributed by atoms with Crippen molar-refractivity contribution in [3.05, 3.63) is 59.9 Å². The van der Waals surface area contributed by atoms with E-state index in [1.54, 1.807) is 14.2 Å². The van der Waals surface area contributed by atoms with Crippen LogP contribution in [0.4, 0.5) is 0 Å². The van der Waals surface area contributed by atoms with Crippen LogP contribution in [0.5, 0.6) is 11.5 Å². The van der Waals surface area contributed by atoms with Crippen LogP contribution < -0.4 is 14.8 Å². The molecule has 0 bridgehead atoms. The Kier molecular flexibility index (Phi) is 5.26. The van der Waals surface area contributed by atoms with Crippen molar-refractivity contribution < 1.29 is 19.0 Å². The summed E-state index contributed by atoms with van der Waals surface area (Å²) in [6.45, 7) is 2.42. The van der Waals surface area contributed by atoms with E-state index in [4.69, 9.17) is 13.9 Å². The molecule has 0 aliphatic rings. The Labute approximate surface area is 147 Å². The Balaban J connectivity index is 1.66. The fourth-order valence-corrected chi connectivity index (χ4v) is 2.76. The van der Waals surface area contributed by atoms with E-state index < -0.39 is 6.10 Å². The molecule has 0 aliphatic heterocycles. The molecule has 0 saturated carbocycles. The van der Waals surface area contributed by atoms with Gasteiger partial charge in [-0.05, 0) is 36.8 Å². The third kappa shape index (κ3) is 3.78. The van der Waals surface area contributed by atoms with Crippen molar-refractivity contribution in [2.75, 3.05) is 20.8 Å². The van der Waals surface area contributed by atoms with Crippen LogP contribution in [-0.4, -0.2) is 25.9 Å². The van der Waals surface area contributed by atoms with Gasteiger partial charge in [0.25, 0.3) is 0 Å². The van der Waals surface area contributed by atoms with Gasteiger partial charge in [-0.3, -0.25) is 0 Å². The van der Waals surface area contributed by atoms with Gasteiger partial charge >= 0.3 is 0 Å². The van der Waals surface area contributed by atoms with Gasteiger partial charge in [0.15, 0.2) is 11.3 Å². The second kappa shape index (κ2) is 7.59. The van der Waals surface area contributed by atoms with Gasteiger partial charge in [-0.2, -0.15) is 0 Å². The van der Waals surface area contributed by atoms with Gasteiger partial charge in [-0.1, -0.05) is 24.3 Å². The smallest absolute Gasteiger partial charge is 0.176 e. The van der Waals surface area contributed by atoms with E-state index in [1.165, 1.54) is 0 Å². The summed E-state index contributed by atoms with van der Waals surface area (Å²) in [5.74, 6) is 2.30. The molecule has 2 N–H and O–H groups in total. The maximum absolute atomic E-state index is 10.3. The highest BCUT2D eigenvalue weighted by molar-refractivity contribution is 5.83. The largest absolute Gasteiger partial charge is 0.497 e. The molecule has 0 aliphatic carbocycles. The van der Waals surface area contributed by atoms with Crippen LogP contribution >= 0.6 is 0 Å². The molecule has 2 aromatic carbocycles. The van der Waals surface area contributed by atoms with Gasteiger partial charge < -0.3 is 24.3 Å². The van der Waals surface area contributed by atoms with Crippen molar-refractivity contribution in [1.82, 2.24) is 5.32 Å². The number of aliphatic hydroxyl groups excluding tert-OH is 1. The minimum absolute atomic E-state index is 0.0370. The number of methoxy groups -OCH3 is 2. The van der Waals surface area contributed by atoms with Gasteiger partial charge in [0.1, 0.15) is 11.5 Å². The number of furan rings is 1. The van der Waals surface area contributed by atoms with Gasteiger partial charge in [0, 0.05) is 11.9 Å². The number of para-hydroxylation sites is 1. The summed E-state index contributed by atoms with van der Waals surface area (Å²) in [5, 5.41) is 14.7. The Morgan fingerprint density at radius 3 is 2.52 bits per heavy atom. The summed E-state index contributed by atoms with van der Waals surface area (Å²) in [4.78, 5) is 0. The van der Waals surface area contributed by atoms with Gasteiger partial charge in [-0.25, -0.2) is 0 Å². The van der Waals surface area contributed by atoms with E-state index in [2.05, 4.69) is 5.32 Å². The highest BCUT2D eigenvalue weighted by Gasteiger charge is 2.15. The molecular weight excluding hydrogens is 318 g/mol. The van der Waals surface area contributed by atoms with E-state index in [1.807, 2.05) is 55.5 Å². The van der Waals surface area contributed by atoms with Gasteiger partial charge in [0.2, 0.25) is 0 Å². The Hall–Kier alpha value is -2.50. The molecule has 5 nitrogen and oxygen atoms in total. The molecule has 5 heteroatoms. The van der Waals surface area contributed by atoms with E-state index in [0.29, 0.717) is 12.3 Å². The van der Waals surface area contributed by atoms with Gasteiger partial charge in [-0.15, -0.1) is 0 Å². The van der Waals surface area contributed by atoms with E-state index in [9.17, 15) is 5.11 Å². The van der Waals surface area contributed by atoms with E-state index in [0.717, 1.165) is 28.0 Å². The summed E-state index contributed by atoms with van der Waals surface area (Å²) in [7, 11) is 3.25. The molecule has 0 radical (unpaired) electrons. The minimum atomic E-state index is -0.604. The molecule has 3 aromatic rings. The molecule has 0 amide bonds. The second-order valence-corrected chi connectivity index (χ2v) is 5.95. The zero-order valence-corrected chi connectivity index (χ0v) is 14.7. The number of ether oxygens (including phenoxy) is 2. The maximum atomic E-state index is 10.3. The molecule has 1 heterocycles. The number of rotatable bonds is 7. The zero-order valence-electron chi connectivity index (χ0n) is 14.7. The average Bonchev–Trinajstić information content (AvgIpc) is 3.10. The highest BCUT2D eigenvalue weighted by Crippen LogP contribution is 2.31. The predicted molar refractivity (Wildman–Crippen MR) is 97.1 cm³/mol. The van der Waals surface area contributed by atoms with E-state index >= 15 is 0 Å². The van der Waals surface area contributed by atoms with Crippen molar-refractivity contribution in [2.45, 2.75) is 19.1 Å². The quantitative estimate of drug-likeness (QED) is 0.684. The summed E-state index contributed by atoms with van der Waals surface area (Å²) >= 11 is 0. The number of hydrogen-bond acceptors (Lipinski definition) is 5. The number of benzene rings is 2. The number of nitrogens with one attached hydrogen (secondary N) is 1. The molecule has 3 rings (SSSR count). The van der Waals surface area contributed by atoms with Crippen LogP contribution in [0.3, 0.4) is 0 Å². The average molecular weight is 341 g/mol. The standard InChI is InChI=1S/C20H23NO4/c1-13(19-11-15-5-4-6-18(24-3)20(15)25-19)21-12-17(22)14-7-9-16(23-2)10-8-14/h4-11,13,17,21-22H,12H2,1-3H3. The lowest BCUT2D eigenvalue weighted by molar-refractivity contribution is 0.169. The van der Waals surface area contributed by atoms with Crippen molar-refractivity contribution in [3.8, 4) is 11.5 Å². The molecule has 0 fully saturated rings. The first kappa shape index (κ1) is 17.3.